The minimum atomic E-state index is -1.26. The Morgan fingerprint density at radius 2 is 1.67 bits per heavy atom. The summed E-state index contributed by atoms with van der Waals surface area (Å²) in [6, 6.07) is 9.55. The van der Waals surface area contributed by atoms with E-state index in [-0.39, 0.29) is 23.7 Å². The van der Waals surface area contributed by atoms with Crippen LogP contribution in [0.3, 0.4) is 0 Å². The van der Waals surface area contributed by atoms with Gasteiger partial charge >= 0.3 is 0 Å². The van der Waals surface area contributed by atoms with Crippen molar-refractivity contribution < 1.29 is 23.1 Å². The van der Waals surface area contributed by atoms with Crippen molar-refractivity contribution in [1.29, 1.82) is 0 Å². The summed E-state index contributed by atoms with van der Waals surface area (Å²) in [4.78, 5) is 17.5. The number of hydrogen-bond donors (Lipinski definition) is 1. The zero-order valence-electron chi connectivity index (χ0n) is 19.3. The van der Waals surface area contributed by atoms with Gasteiger partial charge in [0.1, 0.15) is 17.5 Å². The van der Waals surface area contributed by atoms with Crippen molar-refractivity contribution in [2.45, 2.75) is 32.3 Å². The second kappa shape index (κ2) is 9.11. The SMILES string of the molecule is CCN1C[C@@H](C(=O)N2C[C@@H](C)C(O)(c3cccc(F)c3)[C@@H](C)C2)[C@H](c2ccc(F)cc2F)C1. The second-order valence-corrected chi connectivity index (χ2v) is 9.61. The first kappa shape index (κ1) is 23.8. The van der Waals surface area contributed by atoms with Crippen LogP contribution in [0.1, 0.15) is 37.8 Å². The van der Waals surface area contributed by atoms with Crippen LogP contribution in [0.4, 0.5) is 13.2 Å². The van der Waals surface area contributed by atoms with Gasteiger partial charge in [-0.15, -0.1) is 0 Å². The van der Waals surface area contributed by atoms with Crippen LogP contribution in [-0.4, -0.2) is 53.5 Å². The van der Waals surface area contributed by atoms with Crippen molar-refractivity contribution in [2.24, 2.45) is 17.8 Å². The fourth-order valence-corrected chi connectivity index (χ4v) is 5.73. The van der Waals surface area contributed by atoms with E-state index in [9.17, 15) is 23.1 Å². The molecule has 2 aromatic carbocycles. The molecule has 2 aromatic rings. The molecule has 178 valence electrons. The van der Waals surface area contributed by atoms with Crippen LogP contribution in [0.2, 0.25) is 0 Å². The normalized spacial score (nSPS) is 30.6. The largest absolute Gasteiger partial charge is 0.384 e. The lowest BCUT2D eigenvalue weighted by Gasteiger charge is -2.48. The van der Waals surface area contributed by atoms with Gasteiger partial charge in [0.05, 0.1) is 11.5 Å². The molecule has 33 heavy (non-hydrogen) atoms. The van der Waals surface area contributed by atoms with E-state index in [1.54, 1.807) is 17.0 Å². The molecule has 0 saturated carbocycles. The maximum Gasteiger partial charge on any atom is 0.227 e. The first-order chi connectivity index (χ1) is 15.6. The van der Waals surface area contributed by atoms with E-state index in [2.05, 4.69) is 4.90 Å². The average Bonchev–Trinajstić information content (AvgIpc) is 3.20. The molecular weight excluding hydrogens is 429 g/mol. The van der Waals surface area contributed by atoms with Gasteiger partial charge in [-0.1, -0.05) is 39.0 Å². The summed E-state index contributed by atoms with van der Waals surface area (Å²) in [5, 5.41) is 11.5. The quantitative estimate of drug-likeness (QED) is 0.746. The molecule has 2 aliphatic rings. The monoisotopic (exact) mass is 460 g/mol. The molecule has 0 spiro atoms. The molecule has 2 heterocycles. The molecule has 0 bridgehead atoms. The van der Waals surface area contributed by atoms with Gasteiger partial charge in [0.15, 0.2) is 0 Å². The summed E-state index contributed by atoms with van der Waals surface area (Å²) in [6.45, 7) is 8.13. The Kier molecular flexibility index (Phi) is 6.56. The van der Waals surface area contributed by atoms with Gasteiger partial charge in [-0.2, -0.15) is 0 Å². The minimum absolute atomic E-state index is 0.0836. The molecule has 7 heteroatoms. The third-order valence-electron chi connectivity index (χ3n) is 7.61. The number of halogens is 3. The van der Waals surface area contributed by atoms with Gasteiger partial charge < -0.3 is 14.9 Å². The molecule has 1 unspecified atom stereocenters. The maximum atomic E-state index is 14.6. The van der Waals surface area contributed by atoms with E-state index in [1.807, 2.05) is 20.8 Å². The highest BCUT2D eigenvalue weighted by molar-refractivity contribution is 5.81. The Morgan fingerprint density at radius 3 is 2.27 bits per heavy atom. The van der Waals surface area contributed by atoms with Gasteiger partial charge in [-0.05, 0) is 35.9 Å². The standard InChI is InChI=1S/C26H31F3N2O2/c1-4-30-14-22(21-9-8-20(28)11-24(21)29)23(15-30)25(32)31-12-16(2)26(33,17(3)13-31)18-6-5-7-19(27)10-18/h5-11,16-17,22-23,33H,4,12-15H2,1-3H3/t16-,17+,22-,23+,26?/m0/s1. The molecule has 2 aliphatic heterocycles. The Balaban J connectivity index is 1.58. The van der Waals surface area contributed by atoms with E-state index < -0.39 is 29.0 Å². The highest BCUT2D eigenvalue weighted by Crippen LogP contribution is 2.43. The third kappa shape index (κ3) is 4.28. The molecule has 1 N–H and O–H groups in total. The molecule has 1 amide bonds. The predicted octanol–water partition coefficient (Wildman–Crippen LogP) is 4.14. The van der Waals surface area contributed by atoms with Gasteiger partial charge in [0, 0.05) is 50.0 Å². The average molecular weight is 461 g/mol. The van der Waals surface area contributed by atoms with Crippen LogP contribution >= 0.6 is 0 Å². The number of aliphatic hydroxyl groups is 1. The minimum Gasteiger partial charge on any atom is -0.384 e. The van der Waals surface area contributed by atoms with Crippen molar-refractivity contribution in [1.82, 2.24) is 9.80 Å². The topological polar surface area (TPSA) is 43.8 Å². The van der Waals surface area contributed by atoms with E-state index >= 15 is 0 Å². The number of carbonyl (C=O) groups excluding carboxylic acids is 1. The molecule has 4 rings (SSSR count). The Bertz CT molecular complexity index is 1020. The first-order valence-electron chi connectivity index (χ1n) is 11.6. The number of hydrogen-bond acceptors (Lipinski definition) is 3. The molecule has 4 nitrogen and oxygen atoms in total. The summed E-state index contributed by atoms with van der Waals surface area (Å²) in [6.07, 6.45) is 0. The van der Waals surface area contributed by atoms with Crippen molar-refractivity contribution in [3.63, 3.8) is 0 Å². The smallest absolute Gasteiger partial charge is 0.227 e. The Labute approximate surface area is 193 Å². The van der Waals surface area contributed by atoms with Crippen molar-refractivity contribution in [2.75, 3.05) is 32.7 Å². The fraction of sp³-hybridized carbons (Fsp3) is 0.500. The molecule has 2 saturated heterocycles. The van der Waals surface area contributed by atoms with Crippen LogP contribution < -0.4 is 0 Å². The Hall–Kier alpha value is -2.38. The van der Waals surface area contributed by atoms with Gasteiger partial charge in [-0.3, -0.25) is 4.79 Å². The molecule has 0 aliphatic carbocycles. The van der Waals surface area contributed by atoms with Crippen LogP contribution in [-0.2, 0) is 10.4 Å². The van der Waals surface area contributed by atoms with Crippen LogP contribution in [0, 0.1) is 35.2 Å². The number of nitrogens with zero attached hydrogens (tertiary/aromatic N) is 2. The summed E-state index contributed by atoms with van der Waals surface area (Å²) in [5.74, 6) is -3.23. The van der Waals surface area contributed by atoms with Gasteiger partial charge in [0.2, 0.25) is 5.91 Å². The lowest BCUT2D eigenvalue weighted by molar-refractivity contribution is -0.152. The molecule has 0 radical (unpaired) electrons. The zero-order valence-corrected chi connectivity index (χ0v) is 19.3. The van der Waals surface area contributed by atoms with Gasteiger partial charge in [-0.25, -0.2) is 13.2 Å². The lowest BCUT2D eigenvalue weighted by Crippen LogP contribution is -2.57. The predicted molar refractivity (Wildman–Crippen MR) is 120 cm³/mol. The van der Waals surface area contributed by atoms with E-state index in [1.165, 1.54) is 24.3 Å². The van der Waals surface area contributed by atoms with E-state index in [4.69, 9.17) is 0 Å². The molecular formula is C26H31F3N2O2. The van der Waals surface area contributed by atoms with Gasteiger partial charge in [0.25, 0.3) is 0 Å². The second-order valence-electron chi connectivity index (χ2n) is 9.61. The van der Waals surface area contributed by atoms with Crippen molar-refractivity contribution in [3.05, 3.63) is 71.0 Å². The number of likely N-dealkylation sites (N-methyl/N-ethyl adjacent to an activating group) is 1. The third-order valence-corrected chi connectivity index (χ3v) is 7.61. The van der Waals surface area contributed by atoms with Crippen molar-refractivity contribution in [3.8, 4) is 0 Å². The summed E-state index contributed by atoms with van der Waals surface area (Å²) in [5.41, 5.74) is -0.383. The van der Waals surface area contributed by atoms with Crippen molar-refractivity contribution >= 4 is 5.91 Å². The summed E-state index contributed by atoms with van der Waals surface area (Å²) >= 11 is 0. The fourth-order valence-electron chi connectivity index (χ4n) is 5.73. The van der Waals surface area contributed by atoms with Crippen LogP contribution in [0.5, 0.6) is 0 Å². The van der Waals surface area contributed by atoms with Crippen LogP contribution in [0.15, 0.2) is 42.5 Å². The maximum absolute atomic E-state index is 14.6. The number of carbonyl (C=O) groups is 1. The number of benzene rings is 2. The lowest BCUT2D eigenvalue weighted by atomic mass is 9.70. The number of amides is 1. The summed E-state index contributed by atoms with van der Waals surface area (Å²) in [7, 11) is 0. The molecule has 0 aromatic heterocycles. The van der Waals surface area contributed by atoms with Crippen LogP contribution in [0.25, 0.3) is 0 Å². The highest BCUT2D eigenvalue weighted by Gasteiger charge is 2.49. The van der Waals surface area contributed by atoms with E-state index in [0.717, 1.165) is 12.6 Å². The number of rotatable bonds is 4. The highest BCUT2D eigenvalue weighted by atomic mass is 19.1. The zero-order chi connectivity index (χ0) is 23.9. The number of piperidine rings is 1. The Morgan fingerprint density at radius 1 is 1.00 bits per heavy atom. The molecule has 5 atom stereocenters. The first-order valence-corrected chi connectivity index (χ1v) is 11.6. The summed E-state index contributed by atoms with van der Waals surface area (Å²) < 4.78 is 41.9. The number of likely N-dealkylation sites (tertiary alicyclic amines) is 2. The molecule has 2 fully saturated rings. The van der Waals surface area contributed by atoms with E-state index in [0.29, 0.717) is 37.3 Å².